The van der Waals surface area contributed by atoms with E-state index in [0.717, 1.165) is 33.6 Å². The van der Waals surface area contributed by atoms with Crippen LogP contribution < -0.4 is 0 Å². The first kappa shape index (κ1) is 18.4. The van der Waals surface area contributed by atoms with Crippen LogP contribution in [-0.2, 0) is 0 Å². The molecule has 9 heteroatoms. The van der Waals surface area contributed by atoms with E-state index in [4.69, 9.17) is 4.42 Å². The fraction of sp³-hybridized carbons (Fsp3) is 0.250. The Kier molecular flexibility index (Phi) is 4.84. The zero-order chi connectivity index (χ0) is 19.8. The number of nitrogens with zero attached hydrogens (tertiary/aromatic N) is 6. The van der Waals surface area contributed by atoms with Crippen LogP contribution >= 0.6 is 23.5 Å². The molecule has 0 radical (unpaired) electrons. The van der Waals surface area contributed by atoms with Crippen LogP contribution in [-0.4, -0.2) is 41.5 Å². The average Bonchev–Trinajstić information content (AvgIpc) is 3.43. The van der Waals surface area contributed by atoms with E-state index in [2.05, 4.69) is 62.0 Å². The molecule has 0 saturated heterocycles. The van der Waals surface area contributed by atoms with Crippen LogP contribution in [0, 0.1) is 13.8 Å². The molecular weight excluding hydrogens is 404 g/mol. The summed E-state index contributed by atoms with van der Waals surface area (Å²) in [6, 6.07) is 10.4. The van der Waals surface area contributed by atoms with Crippen molar-refractivity contribution in [1.29, 1.82) is 0 Å². The molecule has 0 amide bonds. The Bertz CT molecular complexity index is 1140. The maximum atomic E-state index is 5.91. The van der Waals surface area contributed by atoms with Gasteiger partial charge in [-0.3, -0.25) is 9.55 Å². The molecule has 0 aliphatic carbocycles. The highest BCUT2D eigenvalue weighted by molar-refractivity contribution is 8.00. The topological polar surface area (TPSA) is 82.5 Å². The van der Waals surface area contributed by atoms with E-state index in [9.17, 15) is 0 Å². The van der Waals surface area contributed by atoms with Gasteiger partial charge in [0.1, 0.15) is 0 Å². The Labute approximate surface area is 176 Å². The number of pyridine rings is 1. The predicted octanol–water partition coefficient (Wildman–Crippen LogP) is 4.45. The van der Waals surface area contributed by atoms with Crippen molar-refractivity contribution in [3.63, 3.8) is 0 Å². The summed E-state index contributed by atoms with van der Waals surface area (Å²) < 4.78 is 8.11. The third kappa shape index (κ3) is 3.67. The van der Waals surface area contributed by atoms with E-state index in [-0.39, 0.29) is 6.04 Å². The number of fused-ring (bicyclic) bond motifs is 1. The SMILES string of the molecule is Cc1cc(C)cc(-c2nnc(SC[C@H]3CSc4nnc(-c5ccncc5)n43)o2)c1. The molecular formula is C20H18N6OS2. The van der Waals surface area contributed by atoms with Crippen molar-refractivity contribution in [2.24, 2.45) is 0 Å². The van der Waals surface area contributed by atoms with Crippen LogP contribution in [0.4, 0.5) is 0 Å². The Morgan fingerprint density at radius 2 is 1.83 bits per heavy atom. The van der Waals surface area contributed by atoms with Gasteiger partial charge in [0, 0.05) is 35.0 Å². The normalized spacial score (nSPS) is 15.6. The summed E-state index contributed by atoms with van der Waals surface area (Å²) in [5, 5.41) is 18.7. The van der Waals surface area contributed by atoms with Gasteiger partial charge in [-0.1, -0.05) is 40.7 Å². The number of hydrogen-bond acceptors (Lipinski definition) is 8. The number of aryl methyl sites for hydroxylation is 2. The molecule has 1 aliphatic rings. The van der Waals surface area contributed by atoms with Gasteiger partial charge in [0.25, 0.3) is 5.22 Å². The number of hydrogen-bond donors (Lipinski definition) is 0. The second-order valence-electron chi connectivity index (χ2n) is 6.94. The van der Waals surface area contributed by atoms with E-state index >= 15 is 0 Å². The van der Waals surface area contributed by atoms with Crippen molar-refractivity contribution < 1.29 is 4.42 Å². The van der Waals surface area contributed by atoms with Gasteiger partial charge in [-0.2, -0.15) is 0 Å². The van der Waals surface area contributed by atoms with Gasteiger partial charge in [-0.15, -0.1) is 20.4 Å². The van der Waals surface area contributed by atoms with Crippen molar-refractivity contribution >= 4 is 23.5 Å². The highest BCUT2D eigenvalue weighted by Gasteiger charge is 2.29. The molecule has 5 rings (SSSR count). The van der Waals surface area contributed by atoms with E-state index < -0.39 is 0 Å². The molecule has 1 atom stereocenters. The summed E-state index contributed by atoms with van der Waals surface area (Å²) in [7, 11) is 0. The molecule has 0 bridgehead atoms. The Balaban J connectivity index is 1.33. The largest absolute Gasteiger partial charge is 0.411 e. The molecule has 29 heavy (non-hydrogen) atoms. The van der Waals surface area contributed by atoms with Crippen LogP contribution in [0.3, 0.4) is 0 Å². The van der Waals surface area contributed by atoms with E-state index in [1.165, 1.54) is 11.1 Å². The number of thioether (sulfide) groups is 2. The first-order chi connectivity index (χ1) is 14.2. The zero-order valence-electron chi connectivity index (χ0n) is 15.9. The van der Waals surface area contributed by atoms with E-state index in [1.807, 2.05) is 12.1 Å². The quantitative estimate of drug-likeness (QED) is 0.436. The van der Waals surface area contributed by atoms with Crippen LogP contribution in [0.2, 0.25) is 0 Å². The van der Waals surface area contributed by atoms with Gasteiger partial charge < -0.3 is 4.42 Å². The van der Waals surface area contributed by atoms with Gasteiger partial charge in [0.05, 0.1) is 6.04 Å². The molecule has 0 fully saturated rings. The molecule has 0 unspecified atom stereocenters. The summed E-state index contributed by atoms with van der Waals surface area (Å²) in [6.45, 7) is 4.13. The third-order valence-electron chi connectivity index (χ3n) is 4.65. The fourth-order valence-electron chi connectivity index (χ4n) is 3.42. The predicted molar refractivity (Wildman–Crippen MR) is 113 cm³/mol. The number of aromatic nitrogens is 6. The molecule has 1 aliphatic heterocycles. The summed E-state index contributed by atoms with van der Waals surface area (Å²) in [5.41, 5.74) is 4.34. The van der Waals surface area contributed by atoms with Crippen molar-refractivity contribution in [1.82, 2.24) is 29.9 Å². The Morgan fingerprint density at radius 3 is 2.62 bits per heavy atom. The molecule has 146 valence electrons. The fourth-order valence-corrected chi connectivity index (χ4v) is 5.49. The summed E-state index contributed by atoms with van der Waals surface area (Å²) >= 11 is 3.30. The first-order valence-corrected chi connectivity index (χ1v) is 11.2. The maximum absolute atomic E-state index is 5.91. The van der Waals surface area contributed by atoms with Crippen LogP contribution in [0.1, 0.15) is 17.2 Å². The van der Waals surface area contributed by atoms with Crippen LogP contribution in [0.5, 0.6) is 0 Å². The Morgan fingerprint density at radius 1 is 1.03 bits per heavy atom. The highest BCUT2D eigenvalue weighted by Crippen LogP contribution is 2.39. The Hall–Kier alpha value is -2.65. The zero-order valence-corrected chi connectivity index (χ0v) is 17.6. The minimum atomic E-state index is 0.259. The van der Waals surface area contributed by atoms with Gasteiger partial charge in [0.2, 0.25) is 5.89 Å². The minimum Gasteiger partial charge on any atom is -0.411 e. The lowest BCUT2D eigenvalue weighted by atomic mass is 10.1. The van der Waals surface area contributed by atoms with Gasteiger partial charge >= 0.3 is 0 Å². The number of benzene rings is 1. The molecule has 1 aromatic carbocycles. The molecule has 0 spiro atoms. The van der Waals surface area contributed by atoms with Gasteiger partial charge in [0.15, 0.2) is 11.0 Å². The lowest BCUT2D eigenvalue weighted by molar-refractivity contribution is 0.464. The summed E-state index contributed by atoms with van der Waals surface area (Å²) in [5.74, 6) is 3.19. The highest BCUT2D eigenvalue weighted by atomic mass is 32.2. The minimum absolute atomic E-state index is 0.259. The second kappa shape index (κ2) is 7.64. The molecule has 4 heterocycles. The first-order valence-electron chi connectivity index (χ1n) is 9.20. The average molecular weight is 423 g/mol. The molecule has 0 saturated carbocycles. The standard InChI is InChI=1S/C20H18N6OS2/c1-12-7-13(2)9-15(8-12)18-23-25-20(27-18)29-11-16-10-28-19-24-22-17(26(16)19)14-3-5-21-6-4-14/h3-9,16H,10-11H2,1-2H3/t16-/m1/s1. The molecule has 4 aromatic rings. The van der Waals surface area contributed by atoms with Gasteiger partial charge in [-0.25, -0.2) is 0 Å². The van der Waals surface area contributed by atoms with Crippen LogP contribution in [0.15, 0.2) is 57.5 Å². The van der Waals surface area contributed by atoms with Crippen LogP contribution in [0.25, 0.3) is 22.8 Å². The number of rotatable bonds is 5. The molecule has 0 N–H and O–H groups in total. The van der Waals surface area contributed by atoms with Crippen molar-refractivity contribution in [3.05, 3.63) is 53.9 Å². The van der Waals surface area contributed by atoms with Gasteiger partial charge in [-0.05, 0) is 38.1 Å². The van der Waals surface area contributed by atoms with Crippen molar-refractivity contribution in [2.75, 3.05) is 11.5 Å². The second-order valence-corrected chi connectivity index (χ2v) is 8.90. The van der Waals surface area contributed by atoms with Crippen molar-refractivity contribution in [3.8, 4) is 22.8 Å². The summed E-state index contributed by atoms with van der Waals surface area (Å²) in [6.07, 6.45) is 3.55. The lowest BCUT2D eigenvalue weighted by Gasteiger charge is -2.12. The van der Waals surface area contributed by atoms with Crippen molar-refractivity contribution in [2.45, 2.75) is 30.3 Å². The smallest absolute Gasteiger partial charge is 0.276 e. The van der Waals surface area contributed by atoms with E-state index in [0.29, 0.717) is 11.1 Å². The summed E-state index contributed by atoms with van der Waals surface area (Å²) in [4.78, 5) is 4.09. The monoisotopic (exact) mass is 422 g/mol. The third-order valence-corrected chi connectivity index (χ3v) is 6.70. The molecule has 3 aromatic heterocycles. The molecule has 7 nitrogen and oxygen atoms in total. The lowest BCUT2D eigenvalue weighted by Crippen LogP contribution is -2.11. The maximum Gasteiger partial charge on any atom is 0.276 e. The van der Waals surface area contributed by atoms with E-state index in [1.54, 1.807) is 35.9 Å².